The van der Waals surface area contributed by atoms with Crippen molar-refractivity contribution in [1.82, 2.24) is 0 Å². The molecule has 0 heterocycles. The van der Waals surface area contributed by atoms with Crippen molar-refractivity contribution >= 4 is 23.2 Å². The summed E-state index contributed by atoms with van der Waals surface area (Å²) < 4.78 is 0. The predicted octanol–water partition coefficient (Wildman–Crippen LogP) is 4.97. The summed E-state index contributed by atoms with van der Waals surface area (Å²) in [5.74, 6) is 0. The molecule has 1 atom stereocenters. The Hall–Kier alpha value is -1.02. The van der Waals surface area contributed by atoms with Gasteiger partial charge in [-0.15, -0.1) is 0 Å². The SMILES string of the molecule is Cc1cc(Cl)c(C(N)c2cccc(C)c2Cl)cc1C. The first-order chi connectivity index (χ1) is 8.91. The van der Waals surface area contributed by atoms with Crippen molar-refractivity contribution in [1.29, 1.82) is 0 Å². The molecule has 0 aliphatic rings. The van der Waals surface area contributed by atoms with E-state index in [1.54, 1.807) is 0 Å². The summed E-state index contributed by atoms with van der Waals surface area (Å²) >= 11 is 12.7. The average molecular weight is 294 g/mol. The van der Waals surface area contributed by atoms with Crippen molar-refractivity contribution < 1.29 is 0 Å². The maximum Gasteiger partial charge on any atom is 0.0581 e. The highest BCUT2D eigenvalue weighted by Crippen LogP contribution is 2.33. The van der Waals surface area contributed by atoms with Gasteiger partial charge in [-0.3, -0.25) is 0 Å². The maximum atomic E-state index is 6.34. The quantitative estimate of drug-likeness (QED) is 0.831. The minimum Gasteiger partial charge on any atom is -0.320 e. The third-order valence-corrected chi connectivity index (χ3v) is 4.35. The van der Waals surface area contributed by atoms with Gasteiger partial charge in [0.15, 0.2) is 0 Å². The molecule has 2 N–H and O–H groups in total. The van der Waals surface area contributed by atoms with Crippen LogP contribution < -0.4 is 5.73 Å². The molecule has 3 heteroatoms. The van der Waals surface area contributed by atoms with Crippen LogP contribution in [-0.2, 0) is 0 Å². The first-order valence-corrected chi connectivity index (χ1v) is 6.94. The van der Waals surface area contributed by atoms with Gasteiger partial charge in [0, 0.05) is 10.0 Å². The van der Waals surface area contributed by atoms with Gasteiger partial charge in [-0.2, -0.15) is 0 Å². The lowest BCUT2D eigenvalue weighted by molar-refractivity contribution is 0.867. The zero-order chi connectivity index (χ0) is 14.2. The minimum atomic E-state index is -0.306. The van der Waals surface area contributed by atoms with E-state index >= 15 is 0 Å². The Bertz CT molecular complexity index is 620. The lowest BCUT2D eigenvalue weighted by Crippen LogP contribution is -2.13. The summed E-state index contributed by atoms with van der Waals surface area (Å²) in [6.45, 7) is 6.07. The molecule has 0 bridgehead atoms. The molecule has 0 aliphatic carbocycles. The standard InChI is InChI=1S/C16H17Cl2N/c1-9-5-4-6-12(15(9)18)16(19)13-7-10(2)11(3)8-14(13)17/h4-8,16H,19H2,1-3H3. The fourth-order valence-electron chi connectivity index (χ4n) is 2.12. The molecular weight excluding hydrogens is 277 g/mol. The molecule has 0 radical (unpaired) electrons. The molecule has 2 aromatic carbocycles. The van der Waals surface area contributed by atoms with Gasteiger partial charge >= 0.3 is 0 Å². The molecule has 1 nitrogen and oxygen atoms in total. The molecule has 0 saturated heterocycles. The molecule has 100 valence electrons. The van der Waals surface area contributed by atoms with Gasteiger partial charge in [-0.1, -0.05) is 47.5 Å². The third-order valence-electron chi connectivity index (χ3n) is 3.50. The topological polar surface area (TPSA) is 26.0 Å². The van der Waals surface area contributed by atoms with Crippen LogP contribution in [0.4, 0.5) is 0 Å². The van der Waals surface area contributed by atoms with Crippen LogP contribution in [0.25, 0.3) is 0 Å². The monoisotopic (exact) mass is 293 g/mol. The molecule has 2 rings (SSSR count). The van der Waals surface area contributed by atoms with E-state index in [9.17, 15) is 0 Å². The summed E-state index contributed by atoms with van der Waals surface area (Å²) in [7, 11) is 0. The number of benzene rings is 2. The Morgan fingerprint density at radius 3 is 2.21 bits per heavy atom. The second-order valence-electron chi connectivity index (χ2n) is 4.91. The smallest absolute Gasteiger partial charge is 0.0581 e. The van der Waals surface area contributed by atoms with Crippen LogP contribution in [0.5, 0.6) is 0 Å². The van der Waals surface area contributed by atoms with Gasteiger partial charge in [-0.25, -0.2) is 0 Å². The molecule has 0 amide bonds. The van der Waals surface area contributed by atoms with E-state index in [-0.39, 0.29) is 6.04 Å². The van der Waals surface area contributed by atoms with Gasteiger partial charge in [0.1, 0.15) is 0 Å². The molecule has 0 fully saturated rings. The second kappa shape index (κ2) is 5.54. The molecule has 0 saturated carbocycles. The Morgan fingerprint density at radius 1 is 0.895 bits per heavy atom. The second-order valence-corrected chi connectivity index (χ2v) is 5.70. The first-order valence-electron chi connectivity index (χ1n) is 6.19. The van der Waals surface area contributed by atoms with Crippen LogP contribution in [0, 0.1) is 20.8 Å². The molecule has 19 heavy (non-hydrogen) atoms. The largest absolute Gasteiger partial charge is 0.320 e. The minimum absolute atomic E-state index is 0.306. The molecule has 0 spiro atoms. The number of halogens is 2. The number of hydrogen-bond acceptors (Lipinski definition) is 1. The Balaban J connectivity index is 2.53. The van der Waals surface area contributed by atoms with Gasteiger partial charge in [-0.05, 0) is 54.7 Å². The van der Waals surface area contributed by atoms with E-state index in [0.717, 1.165) is 22.3 Å². The van der Waals surface area contributed by atoms with Crippen LogP contribution in [-0.4, -0.2) is 0 Å². The van der Waals surface area contributed by atoms with Crippen molar-refractivity contribution in [2.75, 3.05) is 0 Å². The van der Waals surface area contributed by atoms with E-state index in [1.165, 1.54) is 5.56 Å². The summed E-state index contributed by atoms with van der Waals surface area (Å²) in [5, 5.41) is 1.40. The third kappa shape index (κ3) is 2.79. The number of aryl methyl sites for hydroxylation is 3. The highest BCUT2D eigenvalue weighted by molar-refractivity contribution is 6.32. The number of nitrogens with two attached hydrogens (primary N) is 1. The van der Waals surface area contributed by atoms with Crippen LogP contribution in [0.3, 0.4) is 0 Å². The van der Waals surface area contributed by atoms with E-state index < -0.39 is 0 Å². The Kier molecular flexibility index (Phi) is 4.19. The van der Waals surface area contributed by atoms with Gasteiger partial charge in [0.05, 0.1) is 6.04 Å². The average Bonchev–Trinajstić information content (AvgIpc) is 2.36. The van der Waals surface area contributed by atoms with Gasteiger partial charge in [0.25, 0.3) is 0 Å². The zero-order valence-corrected chi connectivity index (χ0v) is 12.8. The van der Waals surface area contributed by atoms with Crippen molar-refractivity contribution in [2.24, 2.45) is 5.73 Å². The normalized spacial score (nSPS) is 12.5. The summed E-state index contributed by atoms with van der Waals surface area (Å²) in [6, 6.07) is 9.58. The number of rotatable bonds is 2. The van der Waals surface area contributed by atoms with Crippen LogP contribution in [0.2, 0.25) is 10.0 Å². The fraction of sp³-hybridized carbons (Fsp3) is 0.250. The highest BCUT2D eigenvalue weighted by atomic mass is 35.5. The van der Waals surface area contributed by atoms with Crippen LogP contribution >= 0.6 is 23.2 Å². The lowest BCUT2D eigenvalue weighted by atomic mass is 9.95. The lowest BCUT2D eigenvalue weighted by Gasteiger charge is -2.18. The summed E-state index contributed by atoms with van der Waals surface area (Å²) in [5.41, 5.74) is 11.5. The van der Waals surface area contributed by atoms with E-state index in [2.05, 4.69) is 6.92 Å². The van der Waals surface area contributed by atoms with Crippen LogP contribution in [0.1, 0.15) is 33.9 Å². The van der Waals surface area contributed by atoms with Crippen LogP contribution in [0.15, 0.2) is 30.3 Å². The Morgan fingerprint density at radius 2 is 1.53 bits per heavy atom. The molecule has 2 aromatic rings. The molecule has 0 aromatic heterocycles. The van der Waals surface area contributed by atoms with Crippen molar-refractivity contribution in [3.05, 3.63) is 68.2 Å². The molecule has 0 aliphatic heterocycles. The van der Waals surface area contributed by atoms with Gasteiger partial charge < -0.3 is 5.73 Å². The fourth-order valence-corrected chi connectivity index (χ4v) is 2.70. The summed E-state index contributed by atoms with van der Waals surface area (Å²) in [4.78, 5) is 0. The molecular formula is C16H17Cl2N. The van der Waals surface area contributed by atoms with E-state index in [1.807, 2.05) is 44.2 Å². The highest BCUT2D eigenvalue weighted by Gasteiger charge is 2.17. The van der Waals surface area contributed by atoms with E-state index in [4.69, 9.17) is 28.9 Å². The molecule has 1 unspecified atom stereocenters. The van der Waals surface area contributed by atoms with E-state index in [0.29, 0.717) is 10.0 Å². The maximum absolute atomic E-state index is 6.34. The van der Waals surface area contributed by atoms with Crippen molar-refractivity contribution in [2.45, 2.75) is 26.8 Å². The van der Waals surface area contributed by atoms with Gasteiger partial charge in [0.2, 0.25) is 0 Å². The van der Waals surface area contributed by atoms with Crippen molar-refractivity contribution in [3.63, 3.8) is 0 Å². The first kappa shape index (κ1) is 14.4. The summed E-state index contributed by atoms with van der Waals surface area (Å²) in [6.07, 6.45) is 0. The Labute approximate surface area is 124 Å². The van der Waals surface area contributed by atoms with Crippen molar-refractivity contribution in [3.8, 4) is 0 Å². The number of hydrogen-bond donors (Lipinski definition) is 1. The zero-order valence-electron chi connectivity index (χ0n) is 11.3. The predicted molar refractivity (Wildman–Crippen MR) is 83.1 cm³/mol.